The van der Waals surface area contributed by atoms with Crippen molar-refractivity contribution in [2.45, 2.75) is 39.2 Å². The number of aromatic nitrogens is 4. The first-order valence-electron chi connectivity index (χ1n) is 9.44. The molecule has 3 aromatic heterocycles. The molecule has 28 heavy (non-hydrogen) atoms. The Morgan fingerprint density at radius 1 is 1.32 bits per heavy atom. The van der Waals surface area contributed by atoms with Crippen LogP contribution < -0.4 is 4.74 Å². The van der Waals surface area contributed by atoms with Crippen LogP contribution in [0.5, 0.6) is 5.75 Å². The molecule has 5 rings (SSSR count). The minimum absolute atomic E-state index is 0.308. The standard InChI is InChI=1S/C21H19N5OS/c1-12-3-8-16-17(9-12)28-21-18(16)20-24-19(25-26(20)11-23-21)13(2)27-15-6-4-14(10-22)5-7-15/h4-7,11-13H,3,8-9H2,1-2H3. The minimum atomic E-state index is -0.308. The van der Waals surface area contributed by atoms with Crippen LogP contribution in [0.15, 0.2) is 30.6 Å². The maximum Gasteiger partial charge on any atom is 0.192 e. The summed E-state index contributed by atoms with van der Waals surface area (Å²) >= 11 is 1.79. The third-order valence-electron chi connectivity index (χ3n) is 5.31. The number of benzene rings is 1. The van der Waals surface area contributed by atoms with E-state index in [4.69, 9.17) is 15.0 Å². The first-order valence-corrected chi connectivity index (χ1v) is 10.3. The topological polar surface area (TPSA) is 76.1 Å². The number of nitriles is 1. The fraction of sp³-hybridized carbons (Fsp3) is 0.333. The molecule has 0 saturated carbocycles. The molecule has 2 atom stereocenters. The molecule has 1 aliphatic carbocycles. The quantitative estimate of drug-likeness (QED) is 0.516. The lowest BCUT2D eigenvalue weighted by Crippen LogP contribution is -2.08. The highest BCUT2D eigenvalue weighted by Gasteiger charge is 2.24. The van der Waals surface area contributed by atoms with Gasteiger partial charge in [-0.2, -0.15) is 5.26 Å². The predicted molar refractivity (Wildman–Crippen MR) is 108 cm³/mol. The van der Waals surface area contributed by atoms with Crippen molar-refractivity contribution < 1.29 is 4.74 Å². The Hall–Kier alpha value is -2.98. The Morgan fingerprint density at radius 3 is 2.93 bits per heavy atom. The van der Waals surface area contributed by atoms with E-state index in [1.165, 1.54) is 16.9 Å². The number of hydrogen-bond acceptors (Lipinski definition) is 6. The molecule has 3 heterocycles. The number of nitrogens with zero attached hydrogens (tertiary/aromatic N) is 5. The zero-order valence-corrected chi connectivity index (χ0v) is 16.5. The van der Waals surface area contributed by atoms with Crippen LogP contribution in [0, 0.1) is 17.2 Å². The third kappa shape index (κ3) is 2.81. The van der Waals surface area contributed by atoms with Gasteiger partial charge in [0.05, 0.1) is 17.0 Å². The van der Waals surface area contributed by atoms with Gasteiger partial charge in [-0.15, -0.1) is 16.4 Å². The predicted octanol–water partition coefficient (Wildman–Crippen LogP) is 4.48. The number of ether oxygens (including phenoxy) is 1. The van der Waals surface area contributed by atoms with Crippen molar-refractivity contribution in [1.29, 1.82) is 5.26 Å². The van der Waals surface area contributed by atoms with Gasteiger partial charge in [0, 0.05) is 4.88 Å². The monoisotopic (exact) mass is 389 g/mol. The van der Waals surface area contributed by atoms with Crippen LogP contribution in [0.4, 0.5) is 0 Å². The fourth-order valence-electron chi connectivity index (χ4n) is 3.79. The molecule has 1 aliphatic rings. The van der Waals surface area contributed by atoms with Gasteiger partial charge in [-0.05, 0) is 61.9 Å². The van der Waals surface area contributed by atoms with Crippen molar-refractivity contribution in [2.75, 3.05) is 0 Å². The Balaban J connectivity index is 1.52. The van der Waals surface area contributed by atoms with Crippen LogP contribution in [0.1, 0.15) is 48.2 Å². The summed E-state index contributed by atoms with van der Waals surface area (Å²) in [6.45, 7) is 4.25. The van der Waals surface area contributed by atoms with Crippen LogP contribution in [-0.2, 0) is 12.8 Å². The van der Waals surface area contributed by atoms with Gasteiger partial charge in [0.25, 0.3) is 0 Å². The lowest BCUT2D eigenvalue weighted by Gasteiger charge is -2.17. The maximum atomic E-state index is 8.92. The molecule has 0 spiro atoms. The highest BCUT2D eigenvalue weighted by atomic mass is 32.1. The van der Waals surface area contributed by atoms with Crippen molar-refractivity contribution in [1.82, 2.24) is 19.6 Å². The van der Waals surface area contributed by atoms with Crippen molar-refractivity contribution in [3.63, 3.8) is 0 Å². The molecule has 0 radical (unpaired) electrons. The molecule has 7 heteroatoms. The first kappa shape index (κ1) is 17.1. The molecule has 0 saturated heterocycles. The fourth-order valence-corrected chi connectivity index (χ4v) is 5.14. The van der Waals surface area contributed by atoms with Gasteiger partial charge in [0.1, 0.15) is 16.9 Å². The summed E-state index contributed by atoms with van der Waals surface area (Å²) in [7, 11) is 0. The Kier molecular flexibility index (Phi) is 4.02. The summed E-state index contributed by atoms with van der Waals surface area (Å²) < 4.78 is 7.75. The normalized spacial score (nSPS) is 17.4. The molecule has 140 valence electrons. The van der Waals surface area contributed by atoms with E-state index in [2.05, 4.69) is 23.1 Å². The number of fused-ring (bicyclic) bond motifs is 5. The molecular weight excluding hydrogens is 370 g/mol. The zero-order chi connectivity index (χ0) is 19.3. The minimum Gasteiger partial charge on any atom is -0.483 e. The first-order chi connectivity index (χ1) is 13.6. The average Bonchev–Trinajstić information content (AvgIpc) is 3.28. The molecule has 6 nitrogen and oxygen atoms in total. The highest BCUT2D eigenvalue weighted by molar-refractivity contribution is 7.19. The Morgan fingerprint density at radius 2 is 2.14 bits per heavy atom. The number of hydrogen-bond donors (Lipinski definition) is 0. The summed E-state index contributed by atoms with van der Waals surface area (Å²) in [5.41, 5.74) is 2.87. The second-order valence-electron chi connectivity index (χ2n) is 7.41. The zero-order valence-electron chi connectivity index (χ0n) is 15.7. The van der Waals surface area contributed by atoms with Crippen molar-refractivity contribution in [3.8, 4) is 11.8 Å². The SMILES string of the molecule is CC1CCc2c(sc3ncn4nc(C(C)Oc5ccc(C#N)cc5)nc4c23)C1. The summed E-state index contributed by atoms with van der Waals surface area (Å²) in [5, 5.41) is 14.7. The van der Waals surface area contributed by atoms with Gasteiger partial charge < -0.3 is 4.74 Å². The summed E-state index contributed by atoms with van der Waals surface area (Å²) in [4.78, 5) is 11.9. The van der Waals surface area contributed by atoms with Gasteiger partial charge in [-0.25, -0.2) is 14.5 Å². The van der Waals surface area contributed by atoms with Gasteiger partial charge in [-0.3, -0.25) is 0 Å². The van der Waals surface area contributed by atoms with Crippen LogP contribution in [0.2, 0.25) is 0 Å². The molecular formula is C21H19N5OS. The molecule has 0 N–H and O–H groups in total. The number of rotatable bonds is 3. The lowest BCUT2D eigenvalue weighted by molar-refractivity contribution is 0.216. The molecule has 0 aliphatic heterocycles. The van der Waals surface area contributed by atoms with E-state index >= 15 is 0 Å². The Labute approximate surface area is 166 Å². The summed E-state index contributed by atoms with van der Waals surface area (Å²) in [6, 6.07) is 9.18. The van der Waals surface area contributed by atoms with Crippen LogP contribution >= 0.6 is 11.3 Å². The van der Waals surface area contributed by atoms with Gasteiger partial charge >= 0.3 is 0 Å². The molecule has 1 aromatic carbocycles. The van der Waals surface area contributed by atoms with Gasteiger partial charge in [0.2, 0.25) is 0 Å². The van der Waals surface area contributed by atoms with Crippen molar-refractivity contribution in [3.05, 3.63) is 52.4 Å². The average molecular weight is 389 g/mol. The second kappa shape index (κ2) is 6.57. The van der Waals surface area contributed by atoms with Crippen LogP contribution in [-0.4, -0.2) is 19.6 Å². The van der Waals surface area contributed by atoms with Crippen LogP contribution in [0.25, 0.3) is 15.9 Å². The number of aryl methyl sites for hydroxylation is 1. The largest absolute Gasteiger partial charge is 0.483 e. The summed E-state index contributed by atoms with van der Waals surface area (Å²) in [6.07, 6.45) is 4.85. The smallest absolute Gasteiger partial charge is 0.192 e. The highest BCUT2D eigenvalue weighted by Crippen LogP contribution is 2.38. The van der Waals surface area contributed by atoms with Gasteiger partial charge in [-0.1, -0.05) is 6.92 Å². The van der Waals surface area contributed by atoms with E-state index in [9.17, 15) is 0 Å². The number of thiophene rings is 1. The van der Waals surface area contributed by atoms with E-state index in [0.717, 1.165) is 34.6 Å². The van der Waals surface area contributed by atoms with Crippen molar-refractivity contribution in [2.24, 2.45) is 5.92 Å². The molecule has 0 bridgehead atoms. The van der Waals surface area contributed by atoms with Crippen LogP contribution in [0.3, 0.4) is 0 Å². The van der Waals surface area contributed by atoms with Gasteiger partial charge in [0.15, 0.2) is 17.6 Å². The molecule has 2 unspecified atom stereocenters. The second-order valence-corrected chi connectivity index (χ2v) is 8.49. The molecule has 0 amide bonds. The molecule has 0 fully saturated rings. The van der Waals surface area contributed by atoms with E-state index in [0.29, 0.717) is 17.1 Å². The van der Waals surface area contributed by atoms with E-state index in [-0.39, 0.29) is 6.10 Å². The third-order valence-corrected chi connectivity index (χ3v) is 6.47. The maximum absolute atomic E-state index is 8.92. The summed E-state index contributed by atoms with van der Waals surface area (Å²) in [5.74, 6) is 2.05. The van der Waals surface area contributed by atoms with E-state index < -0.39 is 0 Å². The van der Waals surface area contributed by atoms with Crippen molar-refractivity contribution >= 4 is 27.2 Å². The molecule has 4 aromatic rings. The van der Waals surface area contributed by atoms with E-state index in [1.54, 1.807) is 46.4 Å². The Bertz CT molecular complexity index is 1220. The van der Waals surface area contributed by atoms with E-state index in [1.807, 2.05) is 6.92 Å². The lowest BCUT2D eigenvalue weighted by atomic mass is 9.89.